The van der Waals surface area contributed by atoms with Gasteiger partial charge in [0, 0.05) is 6.42 Å². The van der Waals surface area contributed by atoms with Crippen LogP contribution in [-0.4, -0.2) is 99.6 Å². The summed E-state index contributed by atoms with van der Waals surface area (Å²) in [7, 11) is 0. The highest BCUT2D eigenvalue weighted by molar-refractivity contribution is 5.80. The van der Waals surface area contributed by atoms with Gasteiger partial charge in [-0.2, -0.15) is 0 Å². The Hall–Kier alpha value is -2.64. The van der Waals surface area contributed by atoms with E-state index in [4.69, 9.17) is 14.2 Å². The van der Waals surface area contributed by atoms with Crippen LogP contribution in [-0.2, 0) is 23.8 Å². The fourth-order valence-corrected chi connectivity index (χ4v) is 9.06. The van der Waals surface area contributed by atoms with Crippen molar-refractivity contribution in [1.29, 1.82) is 0 Å². The lowest BCUT2D eigenvalue weighted by Crippen LogP contribution is -2.61. The molecule has 1 fully saturated rings. The average Bonchev–Trinajstić information content (AvgIpc) is 3.39. The number of carbonyl (C=O) groups is 2. The SMILES string of the molecule is CCCCC/C=C\C/C=C\C/C=C\CCCCCC(O)C(=O)NC(COC1OC(CO)C(O)C(O)C1OC(=O)CCCCCCCCC/C=C/CCCCCCCC)C(O)/C=C/CCCCCCCCCCC. The maximum absolute atomic E-state index is 13.4. The third kappa shape index (κ3) is 38.5. The first-order valence-electron chi connectivity index (χ1n) is 30.1. The summed E-state index contributed by atoms with van der Waals surface area (Å²) in [5.74, 6) is -1.22. The summed E-state index contributed by atoms with van der Waals surface area (Å²) < 4.78 is 17.6. The highest BCUT2D eigenvalue weighted by Gasteiger charge is 2.47. The number of hydrogen-bond acceptors (Lipinski definition) is 10. The molecular weight excluding hydrogens is 919 g/mol. The van der Waals surface area contributed by atoms with Crippen LogP contribution in [0.15, 0.2) is 60.8 Å². The highest BCUT2D eigenvalue weighted by atomic mass is 16.7. The molecule has 6 N–H and O–H groups in total. The minimum Gasteiger partial charge on any atom is -0.454 e. The molecule has 0 radical (unpaired) electrons. The summed E-state index contributed by atoms with van der Waals surface area (Å²) in [4.78, 5) is 26.5. The molecule has 11 heteroatoms. The van der Waals surface area contributed by atoms with Crippen molar-refractivity contribution >= 4 is 11.9 Å². The maximum Gasteiger partial charge on any atom is 0.306 e. The molecule has 1 heterocycles. The number of rotatable bonds is 50. The summed E-state index contributed by atoms with van der Waals surface area (Å²) in [6.45, 7) is 5.73. The Labute approximate surface area is 446 Å². The van der Waals surface area contributed by atoms with E-state index in [1.807, 2.05) is 6.08 Å². The van der Waals surface area contributed by atoms with Crippen LogP contribution in [0.25, 0.3) is 0 Å². The second kappa shape index (κ2) is 50.2. The smallest absolute Gasteiger partial charge is 0.306 e. The van der Waals surface area contributed by atoms with Gasteiger partial charge in [0.05, 0.1) is 25.4 Å². The van der Waals surface area contributed by atoms with Crippen molar-refractivity contribution < 1.29 is 49.3 Å². The second-order valence-corrected chi connectivity index (χ2v) is 20.7. The molecule has 1 aliphatic rings. The molecule has 0 aromatic heterocycles. The largest absolute Gasteiger partial charge is 0.454 e. The second-order valence-electron chi connectivity index (χ2n) is 20.7. The van der Waals surface area contributed by atoms with Gasteiger partial charge in [0.2, 0.25) is 5.91 Å². The predicted octanol–water partition coefficient (Wildman–Crippen LogP) is 13.8. The molecule has 1 amide bonds. The summed E-state index contributed by atoms with van der Waals surface area (Å²) in [5.41, 5.74) is 0. The number of aliphatic hydroxyl groups excluding tert-OH is 5. The first-order valence-corrected chi connectivity index (χ1v) is 30.1. The Balaban J connectivity index is 2.71. The number of allylic oxidation sites excluding steroid dienone is 9. The van der Waals surface area contributed by atoms with Crippen LogP contribution in [0.1, 0.15) is 258 Å². The molecule has 0 saturated carbocycles. The number of nitrogens with one attached hydrogen (secondary N) is 1. The van der Waals surface area contributed by atoms with Crippen LogP contribution in [0.4, 0.5) is 0 Å². The predicted molar refractivity (Wildman–Crippen MR) is 301 cm³/mol. The number of amides is 1. The molecule has 0 aromatic rings. The minimum atomic E-state index is -1.62. The normalized spacial score (nSPS) is 19.8. The zero-order valence-corrected chi connectivity index (χ0v) is 46.7. The maximum atomic E-state index is 13.4. The Morgan fingerprint density at radius 2 is 0.945 bits per heavy atom. The van der Waals surface area contributed by atoms with Crippen molar-refractivity contribution in [1.82, 2.24) is 5.32 Å². The molecule has 0 aliphatic carbocycles. The topological polar surface area (TPSA) is 175 Å². The van der Waals surface area contributed by atoms with Crippen molar-refractivity contribution in [2.45, 2.75) is 307 Å². The summed E-state index contributed by atoms with van der Waals surface area (Å²) >= 11 is 0. The van der Waals surface area contributed by atoms with Gasteiger partial charge < -0.3 is 45.1 Å². The Bertz CT molecular complexity index is 1420. The van der Waals surface area contributed by atoms with Gasteiger partial charge in [-0.1, -0.05) is 223 Å². The van der Waals surface area contributed by atoms with E-state index in [1.54, 1.807) is 6.08 Å². The highest BCUT2D eigenvalue weighted by Crippen LogP contribution is 2.26. The summed E-state index contributed by atoms with van der Waals surface area (Å²) in [6.07, 6.45) is 51.1. The zero-order chi connectivity index (χ0) is 53.3. The number of ether oxygens (including phenoxy) is 3. The quantitative estimate of drug-likeness (QED) is 0.0195. The summed E-state index contributed by atoms with van der Waals surface area (Å²) in [5, 5.41) is 56.8. The molecule has 73 heavy (non-hydrogen) atoms. The fourth-order valence-electron chi connectivity index (χ4n) is 9.06. The van der Waals surface area contributed by atoms with Crippen LogP contribution in [0.5, 0.6) is 0 Å². The number of aliphatic hydroxyl groups is 5. The van der Waals surface area contributed by atoms with E-state index in [0.29, 0.717) is 12.8 Å². The molecule has 8 unspecified atom stereocenters. The molecule has 1 aliphatic heterocycles. The first kappa shape index (κ1) is 68.4. The van der Waals surface area contributed by atoms with Crippen molar-refractivity contribution in [2.75, 3.05) is 13.2 Å². The van der Waals surface area contributed by atoms with Crippen LogP contribution in [0, 0.1) is 0 Å². The van der Waals surface area contributed by atoms with Crippen molar-refractivity contribution in [3.05, 3.63) is 60.8 Å². The van der Waals surface area contributed by atoms with Gasteiger partial charge in [0.15, 0.2) is 12.4 Å². The lowest BCUT2D eigenvalue weighted by atomic mass is 9.99. The van der Waals surface area contributed by atoms with Crippen LogP contribution < -0.4 is 5.32 Å². The van der Waals surface area contributed by atoms with E-state index in [9.17, 15) is 35.1 Å². The minimum absolute atomic E-state index is 0.115. The molecule has 424 valence electrons. The number of hydrogen-bond donors (Lipinski definition) is 6. The van der Waals surface area contributed by atoms with Gasteiger partial charge >= 0.3 is 5.97 Å². The van der Waals surface area contributed by atoms with E-state index >= 15 is 0 Å². The Morgan fingerprint density at radius 1 is 0.534 bits per heavy atom. The number of unbranched alkanes of at least 4 members (excludes halogenated alkanes) is 28. The molecule has 0 bridgehead atoms. The lowest BCUT2D eigenvalue weighted by molar-refractivity contribution is -0.305. The monoisotopic (exact) mass is 1030 g/mol. The first-order chi connectivity index (χ1) is 35.7. The van der Waals surface area contributed by atoms with Crippen molar-refractivity contribution in [3.63, 3.8) is 0 Å². The van der Waals surface area contributed by atoms with Crippen LogP contribution >= 0.6 is 0 Å². The number of carbonyl (C=O) groups excluding carboxylic acids is 2. The van der Waals surface area contributed by atoms with Crippen molar-refractivity contribution in [2.24, 2.45) is 0 Å². The Morgan fingerprint density at radius 3 is 1.45 bits per heavy atom. The number of esters is 1. The lowest BCUT2D eigenvalue weighted by Gasteiger charge is -2.41. The van der Waals surface area contributed by atoms with Crippen LogP contribution in [0.2, 0.25) is 0 Å². The van der Waals surface area contributed by atoms with E-state index in [0.717, 1.165) is 89.9 Å². The summed E-state index contributed by atoms with van der Waals surface area (Å²) in [6, 6.07) is -1.04. The molecule has 8 atom stereocenters. The van der Waals surface area contributed by atoms with Gasteiger partial charge in [0.25, 0.3) is 0 Å². The molecular formula is C62H111NO10. The van der Waals surface area contributed by atoms with Crippen LogP contribution in [0.3, 0.4) is 0 Å². The third-order valence-electron chi connectivity index (χ3n) is 13.9. The van der Waals surface area contributed by atoms with Gasteiger partial charge in [-0.05, 0) is 89.9 Å². The van der Waals surface area contributed by atoms with Gasteiger partial charge in [0.1, 0.15) is 24.4 Å². The zero-order valence-electron chi connectivity index (χ0n) is 46.7. The van der Waals surface area contributed by atoms with Crippen molar-refractivity contribution in [3.8, 4) is 0 Å². The van der Waals surface area contributed by atoms with Gasteiger partial charge in [-0.15, -0.1) is 0 Å². The Kier molecular flexibility index (Phi) is 47.0. The van der Waals surface area contributed by atoms with Gasteiger partial charge in [-0.25, -0.2) is 0 Å². The van der Waals surface area contributed by atoms with E-state index in [-0.39, 0.29) is 19.4 Å². The molecule has 0 spiro atoms. The van der Waals surface area contributed by atoms with Gasteiger partial charge in [-0.3, -0.25) is 9.59 Å². The van der Waals surface area contributed by atoms with E-state index < -0.39 is 67.4 Å². The average molecular weight is 1030 g/mol. The fraction of sp³-hybridized carbons (Fsp3) is 0.806. The van der Waals surface area contributed by atoms with E-state index in [2.05, 4.69) is 74.7 Å². The standard InChI is InChI=1S/C62H111NO10/c1-4-7-10-13-16-19-22-24-26-28-30-32-35-38-41-44-47-50-57(67)73-60-59(69)58(68)56(51-64)72-62(60)71-52-53(54(65)48-45-42-39-36-33-21-18-15-12-9-6-3)63-61(70)55(66)49-46-43-40-37-34-31-29-27-25-23-20-17-14-11-8-5-2/h17,20,24-27,31,34,45,48,53-56,58-60,62,64-66,68-69H,4-16,18-19,21-23,28-30,32-33,35-44,46-47,49-52H2,1-3H3,(H,63,70)/b20-17-,26-24+,27-25-,34-31-,48-45+. The molecule has 11 nitrogen and oxygen atoms in total. The molecule has 0 aromatic carbocycles. The van der Waals surface area contributed by atoms with E-state index in [1.165, 1.54) is 122 Å². The third-order valence-corrected chi connectivity index (χ3v) is 13.9. The molecule has 1 rings (SSSR count). The molecule has 1 saturated heterocycles.